The number of carbonyl (C=O) groups is 5. The molecular formula is C28H34N6O7S. The fourth-order valence-corrected chi connectivity index (χ4v) is 4.43. The van der Waals surface area contributed by atoms with Gasteiger partial charge < -0.3 is 42.6 Å². The number of thiol groups is 1. The molecule has 14 heteroatoms. The minimum absolute atomic E-state index is 0.00602. The Morgan fingerprint density at radius 3 is 2.12 bits per heavy atom. The first-order valence-electron chi connectivity index (χ1n) is 13.1. The molecule has 4 amide bonds. The van der Waals surface area contributed by atoms with Crippen molar-refractivity contribution in [1.82, 2.24) is 20.9 Å². The number of phenols is 1. The van der Waals surface area contributed by atoms with Crippen molar-refractivity contribution in [2.24, 2.45) is 11.5 Å². The van der Waals surface area contributed by atoms with Gasteiger partial charge in [0.2, 0.25) is 23.6 Å². The van der Waals surface area contributed by atoms with E-state index in [1.54, 1.807) is 6.20 Å². The molecule has 4 atom stereocenters. The summed E-state index contributed by atoms with van der Waals surface area (Å²) in [7, 11) is 0. The predicted molar refractivity (Wildman–Crippen MR) is 157 cm³/mol. The highest BCUT2D eigenvalue weighted by Crippen LogP contribution is 2.19. The molecule has 0 bridgehead atoms. The Balaban J connectivity index is 1.82. The lowest BCUT2D eigenvalue weighted by Crippen LogP contribution is -2.58. The molecule has 1 aromatic heterocycles. The molecule has 13 nitrogen and oxygen atoms in total. The third-order valence-electron chi connectivity index (χ3n) is 6.57. The fraction of sp³-hybridized carbons (Fsp3) is 0.321. The van der Waals surface area contributed by atoms with Crippen LogP contribution in [0, 0.1) is 0 Å². The van der Waals surface area contributed by atoms with E-state index in [-0.39, 0.29) is 37.2 Å². The van der Waals surface area contributed by atoms with E-state index in [2.05, 4.69) is 33.6 Å². The van der Waals surface area contributed by atoms with Crippen LogP contribution in [0.1, 0.15) is 24.0 Å². The highest BCUT2D eigenvalue weighted by Gasteiger charge is 2.31. The van der Waals surface area contributed by atoms with Crippen LogP contribution in [0.3, 0.4) is 0 Å². The van der Waals surface area contributed by atoms with Gasteiger partial charge in [-0.3, -0.25) is 19.2 Å². The Bertz CT molecular complexity index is 1430. The zero-order valence-corrected chi connectivity index (χ0v) is 23.5. The van der Waals surface area contributed by atoms with Gasteiger partial charge in [0, 0.05) is 42.1 Å². The topological polar surface area (TPSA) is 230 Å². The number of amides is 4. The van der Waals surface area contributed by atoms with Crippen LogP contribution >= 0.6 is 12.6 Å². The summed E-state index contributed by atoms with van der Waals surface area (Å²) in [6, 6.07) is 8.23. The van der Waals surface area contributed by atoms with E-state index >= 15 is 0 Å². The Labute approximate surface area is 246 Å². The number of aromatic amines is 1. The van der Waals surface area contributed by atoms with Crippen molar-refractivity contribution >= 4 is 53.1 Å². The lowest BCUT2D eigenvalue weighted by Gasteiger charge is -2.25. The van der Waals surface area contributed by atoms with E-state index < -0.39 is 53.8 Å². The largest absolute Gasteiger partial charge is 0.508 e. The van der Waals surface area contributed by atoms with E-state index in [1.807, 2.05) is 24.3 Å². The average Bonchev–Trinajstić information content (AvgIpc) is 3.37. The number of fused-ring (bicyclic) bond motifs is 1. The number of H-pyrrole nitrogens is 1. The number of aromatic hydroxyl groups is 1. The van der Waals surface area contributed by atoms with E-state index in [0.717, 1.165) is 10.9 Å². The van der Waals surface area contributed by atoms with Crippen LogP contribution < -0.4 is 27.4 Å². The molecule has 0 fully saturated rings. The SMILES string of the molecule is NC(=O)CCC(NC(=O)C(Cc1c[nH]c2ccccc12)NC(=O)C(N)CS)C(=O)NC(Cc1ccc(O)cc1)C(=O)O. The molecule has 1 heterocycles. The maximum absolute atomic E-state index is 13.5. The number of benzene rings is 2. The highest BCUT2D eigenvalue weighted by atomic mass is 32.1. The van der Waals surface area contributed by atoms with E-state index in [0.29, 0.717) is 11.1 Å². The maximum Gasteiger partial charge on any atom is 0.326 e. The number of rotatable bonds is 15. The number of para-hydroxylation sites is 1. The lowest BCUT2D eigenvalue weighted by molar-refractivity contribution is -0.142. The Kier molecular flexibility index (Phi) is 11.3. The van der Waals surface area contributed by atoms with Crippen LogP contribution in [-0.4, -0.2) is 74.7 Å². The minimum Gasteiger partial charge on any atom is -0.508 e. The molecule has 0 radical (unpaired) electrons. The Hall–Kier alpha value is -4.56. The Morgan fingerprint density at radius 2 is 1.48 bits per heavy atom. The maximum atomic E-state index is 13.5. The van der Waals surface area contributed by atoms with Gasteiger partial charge >= 0.3 is 5.97 Å². The highest BCUT2D eigenvalue weighted by molar-refractivity contribution is 7.80. The fourth-order valence-electron chi connectivity index (χ4n) is 4.26. The summed E-state index contributed by atoms with van der Waals surface area (Å²) in [6.45, 7) is 0. The lowest BCUT2D eigenvalue weighted by atomic mass is 10.0. The third-order valence-corrected chi connectivity index (χ3v) is 6.96. The molecule has 3 aromatic rings. The number of aromatic nitrogens is 1. The van der Waals surface area contributed by atoms with E-state index in [9.17, 15) is 34.2 Å². The van der Waals surface area contributed by atoms with Crippen molar-refractivity contribution < 1.29 is 34.2 Å². The molecule has 2 aromatic carbocycles. The third kappa shape index (κ3) is 8.97. The molecule has 10 N–H and O–H groups in total. The summed E-state index contributed by atoms with van der Waals surface area (Å²) in [5.74, 6) is -4.30. The summed E-state index contributed by atoms with van der Waals surface area (Å²) >= 11 is 4.04. The molecule has 0 aliphatic heterocycles. The second-order valence-corrected chi connectivity index (χ2v) is 10.1. The summed E-state index contributed by atoms with van der Waals surface area (Å²) in [6.07, 6.45) is 1.12. The number of hydrogen-bond donors (Lipinski definition) is 9. The number of carbonyl (C=O) groups excluding carboxylic acids is 4. The van der Waals surface area contributed by atoms with Crippen molar-refractivity contribution in [1.29, 1.82) is 0 Å². The number of primary amides is 1. The molecule has 3 rings (SSSR count). The second kappa shape index (κ2) is 14.9. The summed E-state index contributed by atoms with van der Waals surface area (Å²) in [5.41, 5.74) is 13.1. The van der Waals surface area contributed by atoms with Gasteiger partial charge in [-0.05, 0) is 35.7 Å². The van der Waals surface area contributed by atoms with Gasteiger partial charge in [0.05, 0.1) is 6.04 Å². The molecule has 0 aliphatic carbocycles. The van der Waals surface area contributed by atoms with Gasteiger partial charge in [-0.2, -0.15) is 12.6 Å². The zero-order valence-electron chi connectivity index (χ0n) is 22.6. The van der Waals surface area contributed by atoms with E-state index in [4.69, 9.17) is 11.5 Å². The molecule has 0 aliphatic rings. The van der Waals surface area contributed by atoms with Crippen molar-refractivity contribution in [2.45, 2.75) is 49.9 Å². The summed E-state index contributed by atoms with van der Waals surface area (Å²) < 4.78 is 0. The molecule has 0 saturated heterocycles. The second-order valence-electron chi connectivity index (χ2n) is 9.75. The smallest absolute Gasteiger partial charge is 0.326 e. The van der Waals surface area contributed by atoms with Crippen molar-refractivity contribution in [3.05, 3.63) is 65.9 Å². The monoisotopic (exact) mass is 598 g/mol. The zero-order chi connectivity index (χ0) is 30.8. The molecule has 0 spiro atoms. The van der Waals surface area contributed by atoms with Crippen LogP contribution in [-0.2, 0) is 36.8 Å². The Morgan fingerprint density at radius 1 is 0.857 bits per heavy atom. The van der Waals surface area contributed by atoms with Crippen LogP contribution in [0.25, 0.3) is 10.9 Å². The summed E-state index contributed by atoms with van der Waals surface area (Å²) in [4.78, 5) is 65.9. The van der Waals surface area contributed by atoms with E-state index in [1.165, 1.54) is 24.3 Å². The number of aliphatic carboxylic acids is 1. The number of carboxylic acid groups (broad SMARTS) is 1. The van der Waals surface area contributed by atoms with Crippen molar-refractivity contribution in [3.63, 3.8) is 0 Å². The van der Waals surface area contributed by atoms with Crippen molar-refractivity contribution in [3.8, 4) is 5.75 Å². The van der Waals surface area contributed by atoms with Gasteiger partial charge in [0.1, 0.15) is 23.9 Å². The number of nitrogens with one attached hydrogen (secondary N) is 4. The van der Waals surface area contributed by atoms with Gasteiger partial charge in [-0.15, -0.1) is 0 Å². The quantitative estimate of drug-likeness (QED) is 0.105. The first-order valence-corrected chi connectivity index (χ1v) is 13.7. The predicted octanol–water partition coefficient (Wildman–Crippen LogP) is -0.280. The van der Waals surface area contributed by atoms with Crippen LogP contribution in [0.5, 0.6) is 5.75 Å². The summed E-state index contributed by atoms with van der Waals surface area (Å²) in [5, 5.41) is 27.6. The average molecular weight is 599 g/mol. The van der Waals surface area contributed by atoms with Crippen molar-refractivity contribution in [2.75, 3.05) is 5.75 Å². The molecule has 0 saturated carbocycles. The molecule has 4 unspecified atom stereocenters. The first kappa shape index (κ1) is 32.0. The van der Waals surface area contributed by atoms with Gasteiger partial charge in [-0.25, -0.2) is 4.79 Å². The minimum atomic E-state index is -1.38. The van der Waals surface area contributed by atoms with Gasteiger partial charge in [0.25, 0.3) is 0 Å². The van der Waals surface area contributed by atoms with Gasteiger partial charge in [-0.1, -0.05) is 30.3 Å². The number of hydrogen-bond acceptors (Lipinski definition) is 8. The van der Waals surface area contributed by atoms with Gasteiger partial charge in [0.15, 0.2) is 0 Å². The van der Waals surface area contributed by atoms with Crippen LogP contribution in [0.2, 0.25) is 0 Å². The number of carboxylic acids is 1. The van der Waals surface area contributed by atoms with Crippen LogP contribution in [0.4, 0.5) is 0 Å². The molecule has 42 heavy (non-hydrogen) atoms. The van der Waals surface area contributed by atoms with Crippen LogP contribution in [0.15, 0.2) is 54.7 Å². The molecular weight excluding hydrogens is 564 g/mol. The molecule has 224 valence electrons. The number of phenolic OH excluding ortho intramolecular Hbond substituents is 1. The first-order chi connectivity index (χ1) is 20.0. The number of nitrogens with two attached hydrogens (primary N) is 2. The standard InChI is InChI=1S/C28H34N6O7S/c29-19(14-42)25(37)33-22(12-16-13-31-20-4-2-1-3-18(16)20)27(39)32-21(9-10-24(30)36)26(38)34-23(28(40)41)11-15-5-7-17(35)8-6-15/h1-8,13,19,21-23,31,35,42H,9-12,14,29H2,(H2,30,36)(H,32,39)(H,33,37)(H,34,38)(H,40,41). The normalized spacial score (nSPS) is 13.9.